The molecule has 0 aliphatic heterocycles. The number of nitrogens with zero attached hydrogens (tertiary/aromatic N) is 1. The average molecular weight is 173 g/mol. The van der Waals surface area contributed by atoms with E-state index in [9.17, 15) is 13.2 Å². The molecule has 0 aromatic carbocycles. The maximum Gasteiger partial charge on any atom is 0.177 e. The smallest absolute Gasteiger partial charge is 0.177 e. The molecule has 1 rings (SSSR count). The first-order valence-corrected chi connectivity index (χ1v) is 3.35. The van der Waals surface area contributed by atoms with Crippen molar-refractivity contribution in [2.24, 2.45) is 0 Å². The van der Waals surface area contributed by atoms with Crippen LogP contribution in [0.4, 0.5) is 13.2 Å². The van der Waals surface area contributed by atoms with Gasteiger partial charge in [-0.1, -0.05) is 0 Å². The van der Waals surface area contributed by atoms with Gasteiger partial charge < -0.3 is 0 Å². The van der Waals surface area contributed by atoms with Gasteiger partial charge in [0.1, 0.15) is 5.83 Å². The van der Waals surface area contributed by atoms with Gasteiger partial charge >= 0.3 is 0 Å². The minimum atomic E-state index is -2.36. The summed E-state index contributed by atoms with van der Waals surface area (Å²) in [5, 5.41) is 8.16. The highest BCUT2D eigenvalue weighted by molar-refractivity contribution is 5.28. The van der Waals surface area contributed by atoms with E-state index < -0.39 is 24.1 Å². The fraction of sp³-hybridized carbons (Fsp3) is 0.375. The van der Waals surface area contributed by atoms with Crippen LogP contribution in [0.3, 0.4) is 0 Å². The topological polar surface area (TPSA) is 23.8 Å². The van der Waals surface area contributed by atoms with Gasteiger partial charge in [0.15, 0.2) is 11.8 Å². The Morgan fingerprint density at radius 1 is 1.67 bits per heavy atom. The summed E-state index contributed by atoms with van der Waals surface area (Å²) in [6, 6.07) is 1.51. The quantitative estimate of drug-likeness (QED) is 0.597. The maximum atomic E-state index is 13.2. The summed E-state index contributed by atoms with van der Waals surface area (Å²) in [5.41, 5.74) is -2.36. The molecule has 64 valence electrons. The van der Waals surface area contributed by atoms with Crippen molar-refractivity contribution in [2.75, 3.05) is 0 Å². The van der Waals surface area contributed by atoms with Crippen LogP contribution in [0.15, 0.2) is 24.1 Å². The average Bonchev–Trinajstić information content (AvgIpc) is 1.99. The first-order chi connectivity index (χ1) is 5.58. The molecule has 0 radical (unpaired) electrons. The molecule has 1 aliphatic carbocycles. The molecule has 0 saturated heterocycles. The molecule has 0 spiro atoms. The van der Waals surface area contributed by atoms with E-state index >= 15 is 0 Å². The Bertz CT molecular complexity index is 277. The Morgan fingerprint density at radius 2 is 2.33 bits per heavy atom. The lowest BCUT2D eigenvalue weighted by Crippen LogP contribution is -2.32. The van der Waals surface area contributed by atoms with Crippen LogP contribution in [-0.4, -0.2) is 11.8 Å². The van der Waals surface area contributed by atoms with Crippen LogP contribution >= 0.6 is 0 Å². The highest BCUT2D eigenvalue weighted by Gasteiger charge is 2.38. The van der Waals surface area contributed by atoms with Crippen molar-refractivity contribution in [1.29, 1.82) is 5.26 Å². The van der Waals surface area contributed by atoms with Crippen LogP contribution < -0.4 is 0 Å². The van der Waals surface area contributed by atoms with Crippen molar-refractivity contribution in [3.8, 4) is 6.07 Å². The lowest BCUT2D eigenvalue weighted by Gasteiger charge is -2.22. The number of alkyl halides is 2. The lowest BCUT2D eigenvalue weighted by atomic mass is 9.92. The largest absolute Gasteiger partial charge is 0.239 e. The van der Waals surface area contributed by atoms with Gasteiger partial charge in [-0.25, -0.2) is 13.2 Å². The minimum absolute atomic E-state index is 0.525. The van der Waals surface area contributed by atoms with Crippen LogP contribution in [0.1, 0.15) is 6.42 Å². The molecule has 0 aromatic rings. The zero-order chi connectivity index (χ0) is 9.19. The molecule has 0 bridgehead atoms. The zero-order valence-electron chi connectivity index (χ0n) is 6.10. The van der Waals surface area contributed by atoms with Gasteiger partial charge in [0.05, 0.1) is 12.5 Å². The van der Waals surface area contributed by atoms with E-state index in [2.05, 4.69) is 0 Å². The molecule has 0 saturated carbocycles. The summed E-state index contributed by atoms with van der Waals surface area (Å²) in [4.78, 5) is 0. The predicted molar refractivity (Wildman–Crippen MR) is 37.3 cm³/mol. The van der Waals surface area contributed by atoms with Crippen molar-refractivity contribution in [1.82, 2.24) is 0 Å². The SMILES string of the molecule is N#CCC1(F)C=CC(F)=CC1F. The number of allylic oxidation sites excluding steroid dienone is 4. The molecule has 0 aromatic heterocycles. The number of hydrogen-bond donors (Lipinski definition) is 0. The van der Waals surface area contributed by atoms with Gasteiger partial charge in [0.25, 0.3) is 0 Å². The van der Waals surface area contributed by atoms with Gasteiger partial charge in [0, 0.05) is 0 Å². The Balaban J connectivity index is 2.85. The Morgan fingerprint density at radius 3 is 2.83 bits per heavy atom. The van der Waals surface area contributed by atoms with Crippen molar-refractivity contribution in [3.63, 3.8) is 0 Å². The van der Waals surface area contributed by atoms with E-state index in [1.807, 2.05) is 0 Å². The molecule has 12 heavy (non-hydrogen) atoms. The second kappa shape index (κ2) is 3.02. The molecule has 0 heterocycles. The molecular formula is C8H6F3N. The Hall–Kier alpha value is -1.24. The first kappa shape index (κ1) is 8.85. The molecule has 2 unspecified atom stereocenters. The maximum absolute atomic E-state index is 13.2. The van der Waals surface area contributed by atoms with Crippen molar-refractivity contribution < 1.29 is 13.2 Å². The van der Waals surface area contributed by atoms with Crippen LogP contribution in [0.5, 0.6) is 0 Å². The third-order valence-electron chi connectivity index (χ3n) is 1.63. The van der Waals surface area contributed by atoms with Crippen LogP contribution in [-0.2, 0) is 0 Å². The van der Waals surface area contributed by atoms with Gasteiger partial charge in [-0.3, -0.25) is 0 Å². The first-order valence-electron chi connectivity index (χ1n) is 3.35. The fourth-order valence-electron chi connectivity index (χ4n) is 0.922. The summed E-state index contributed by atoms with van der Waals surface area (Å²) < 4.78 is 38.3. The predicted octanol–water partition coefficient (Wildman–Crippen LogP) is 2.37. The van der Waals surface area contributed by atoms with Gasteiger partial charge in [0.2, 0.25) is 0 Å². The van der Waals surface area contributed by atoms with E-state index in [1.165, 1.54) is 6.07 Å². The lowest BCUT2D eigenvalue weighted by molar-refractivity contribution is 0.127. The summed E-state index contributed by atoms with van der Waals surface area (Å²) in [7, 11) is 0. The fourth-order valence-corrected chi connectivity index (χ4v) is 0.922. The summed E-state index contributed by atoms with van der Waals surface area (Å²) in [6.07, 6.45) is -0.572. The van der Waals surface area contributed by atoms with Crippen molar-refractivity contribution in [2.45, 2.75) is 18.3 Å². The van der Waals surface area contributed by atoms with Gasteiger partial charge in [-0.15, -0.1) is 0 Å². The Kier molecular flexibility index (Phi) is 2.22. The zero-order valence-corrected chi connectivity index (χ0v) is 6.10. The van der Waals surface area contributed by atoms with Crippen LogP contribution in [0.2, 0.25) is 0 Å². The number of nitriles is 1. The molecule has 1 aliphatic rings. The highest BCUT2D eigenvalue weighted by Crippen LogP contribution is 2.31. The number of hydrogen-bond acceptors (Lipinski definition) is 1. The number of rotatable bonds is 1. The van der Waals surface area contributed by atoms with E-state index in [-0.39, 0.29) is 0 Å². The van der Waals surface area contributed by atoms with Crippen LogP contribution in [0.25, 0.3) is 0 Å². The number of halogens is 3. The van der Waals surface area contributed by atoms with Crippen LogP contribution in [0, 0.1) is 11.3 Å². The molecular weight excluding hydrogens is 167 g/mol. The molecule has 4 heteroatoms. The second-order valence-electron chi connectivity index (χ2n) is 2.55. The third-order valence-corrected chi connectivity index (χ3v) is 1.63. The molecule has 0 fully saturated rings. The van der Waals surface area contributed by atoms with E-state index in [0.29, 0.717) is 6.08 Å². The van der Waals surface area contributed by atoms with Crippen molar-refractivity contribution >= 4 is 0 Å². The highest BCUT2D eigenvalue weighted by atomic mass is 19.2. The summed E-state index contributed by atoms with van der Waals surface area (Å²) in [5.74, 6) is -0.811. The molecule has 2 atom stereocenters. The normalized spacial score (nSPS) is 34.2. The van der Waals surface area contributed by atoms with E-state index in [1.54, 1.807) is 0 Å². The Labute approximate surface area is 67.8 Å². The third kappa shape index (κ3) is 1.50. The summed E-state index contributed by atoms with van der Waals surface area (Å²) in [6.45, 7) is 0. The van der Waals surface area contributed by atoms with E-state index in [0.717, 1.165) is 12.2 Å². The standard InChI is InChI=1S/C8H6F3N/c9-6-1-2-8(11,3-4-12)7(10)5-6/h1-2,5,7H,3H2. The monoisotopic (exact) mass is 173 g/mol. The molecule has 1 nitrogen and oxygen atoms in total. The van der Waals surface area contributed by atoms with Gasteiger partial charge in [-0.2, -0.15) is 5.26 Å². The van der Waals surface area contributed by atoms with E-state index in [4.69, 9.17) is 5.26 Å². The molecule has 0 N–H and O–H groups in total. The second-order valence-corrected chi connectivity index (χ2v) is 2.55. The van der Waals surface area contributed by atoms with Gasteiger partial charge in [-0.05, 0) is 18.2 Å². The minimum Gasteiger partial charge on any atom is -0.239 e. The summed E-state index contributed by atoms with van der Waals surface area (Å²) >= 11 is 0. The van der Waals surface area contributed by atoms with Crippen molar-refractivity contribution in [3.05, 3.63) is 24.1 Å². The molecule has 0 amide bonds.